The van der Waals surface area contributed by atoms with E-state index in [1.54, 1.807) is 7.05 Å². The third-order valence-electron chi connectivity index (χ3n) is 3.80. The molecule has 0 heterocycles. The molecule has 0 aliphatic heterocycles. The number of hydrogen-bond donors (Lipinski definition) is 2. The second kappa shape index (κ2) is 9.96. The maximum absolute atomic E-state index is 11.2. The van der Waals surface area contributed by atoms with E-state index in [1.807, 2.05) is 19.1 Å². The zero-order chi connectivity index (χ0) is 17.6. The van der Waals surface area contributed by atoms with E-state index in [9.17, 15) is 8.42 Å². The first-order chi connectivity index (χ1) is 11.4. The van der Waals surface area contributed by atoms with Gasteiger partial charge in [-0.3, -0.25) is 4.99 Å². The minimum Gasteiger partial charge on any atom is -0.354 e. The number of halogens is 1. The van der Waals surface area contributed by atoms with Crippen molar-refractivity contribution in [2.45, 2.75) is 25.9 Å². The number of aliphatic imine (C=N–C) groups is 1. The lowest BCUT2D eigenvalue weighted by Crippen LogP contribution is -2.42. The third-order valence-corrected chi connectivity index (χ3v) is 4.78. The van der Waals surface area contributed by atoms with Crippen molar-refractivity contribution in [3.05, 3.63) is 48.0 Å². The van der Waals surface area contributed by atoms with Crippen molar-refractivity contribution < 1.29 is 8.42 Å². The predicted octanol–water partition coefficient (Wildman–Crippen LogP) is 2.95. The standard InChI is InChI=1S/C18H25N3O2S.HI/c1-14(10-11-24(3,22)23)21-18(19-2)20-13-15-8-9-16-6-4-5-7-17(16)12-15;/h4-9,12,14H,10-11,13H2,1-3H3,(H2,19,20,21);1H. The number of rotatable bonds is 6. The molecule has 0 saturated heterocycles. The second-order valence-corrected chi connectivity index (χ2v) is 8.33. The topological polar surface area (TPSA) is 70.6 Å². The Labute approximate surface area is 167 Å². The van der Waals surface area contributed by atoms with Crippen molar-refractivity contribution in [1.29, 1.82) is 0 Å². The number of nitrogens with zero attached hydrogens (tertiary/aromatic N) is 1. The molecule has 2 N–H and O–H groups in total. The van der Waals surface area contributed by atoms with Crippen molar-refractivity contribution >= 4 is 50.5 Å². The highest BCUT2D eigenvalue weighted by molar-refractivity contribution is 14.0. The molecule has 0 aliphatic rings. The van der Waals surface area contributed by atoms with E-state index in [4.69, 9.17) is 0 Å². The van der Waals surface area contributed by atoms with Gasteiger partial charge in [-0.05, 0) is 35.7 Å². The molecule has 1 atom stereocenters. The lowest BCUT2D eigenvalue weighted by Gasteiger charge is -2.17. The Morgan fingerprint density at radius 3 is 2.48 bits per heavy atom. The predicted molar refractivity (Wildman–Crippen MR) is 116 cm³/mol. The Hall–Kier alpha value is -1.35. The summed E-state index contributed by atoms with van der Waals surface area (Å²) in [6, 6.07) is 14.6. The molecule has 25 heavy (non-hydrogen) atoms. The summed E-state index contributed by atoms with van der Waals surface area (Å²) in [6.45, 7) is 2.61. The Morgan fingerprint density at radius 1 is 1.16 bits per heavy atom. The average Bonchev–Trinajstić information content (AvgIpc) is 2.56. The summed E-state index contributed by atoms with van der Waals surface area (Å²) in [4.78, 5) is 4.19. The van der Waals surface area contributed by atoms with E-state index >= 15 is 0 Å². The monoisotopic (exact) mass is 475 g/mol. The van der Waals surface area contributed by atoms with Crippen molar-refractivity contribution in [2.24, 2.45) is 4.99 Å². The molecule has 1 unspecified atom stereocenters. The van der Waals surface area contributed by atoms with E-state index in [1.165, 1.54) is 22.6 Å². The van der Waals surface area contributed by atoms with Crippen molar-refractivity contribution in [3.63, 3.8) is 0 Å². The first-order valence-electron chi connectivity index (χ1n) is 8.00. The molecular weight excluding hydrogens is 449 g/mol. The highest BCUT2D eigenvalue weighted by Gasteiger charge is 2.09. The van der Waals surface area contributed by atoms with Crippen LogP contribution in [0.4, 0.5) is 0 Å². The summed E-state index contributed by atoms with van der Waals surface area (Å²) in [7, 11) is -1.23. The molecule has 0 bridgehead atoms. The lowest BCUT2D eigenvalue weighted by molar-refractivity contribution is 0.581. The van der Waals surface area contributed by atoms with Gasteiger partial charge < -0.3 is 10.6 Å². The molecule has 0 radical (unpaired) electrons. The van der Waals surface area contributed by atoms with Gasteiger partial charge in [0, 0.05) is 25.9 Å². The van der Waals surface area contributed by atoms with Crippen LogP contribution in [-0.4, -0.2) is 39.5 Å². The number of fused-ring (bicyclic) bond motifs is 1. The van der Waals surface area contributed by atoms with Gasteiger partial charge in [0.25, 0.3) is 0 Å². The Kier molecular flexibility index (Phi) is 8.64. The maximum Gasteiger partial charge on any atom is 0.191 e. The summed E-state index contributed by atoms with van der Waals surface area (Å²) < 4.78 is 22.5. The second-order valence-electron chi connectivity index (χ2n) is 6.07. The average molecular weight is 475 g/mol. The molecule has 2 aromatic carbocycles. The molecule has 0 spiro atoms. The fourth-order valence-corrected chi connectivity index (χ4v) is 3.21. The van der Waals surface area contributed by atoms with E-state index in [0.29, 0.717) is 18.9 Å². The van der Waals surface area contributed by atoms with Gasteiger partial charge in [-0.1, -0.05) is 36.4 Å². The molecule has 0 fully saturated rings. The highest BCUT2D eigenvalue weighted by Crippen LogP contribution is 2.15. The molecule has 0 amide bonds. The maximum atomic E-state index is 11.2. The molecule has 5 nitrogen and oxygen atoms in total. The van der Waals surface area contributed by atoms with Crippen LogP contribution in [0.1, 0.15) is 18.9 Å². The molecule has 2 rings (SSSR count). The summed E-state index contributed by atoms with van der Waals surface area (Å²) in [5.41, 5.74) is 1.17. The molecule has 0 aromatic heterocycles. The first kappa shape index (κ1) is 21.7. The number of guanidine groups is 1. The van der Waals surface area contributed by atoms with Gasteiger partial charge in [-0.15, -0.1) is 24.0 Å². The van der Waals surface area contributed by atoms with Gasteiger partial charge >= 0.3 is 0 Å². The van der Waals surface area contributed by atoms with Gasteiger partial charge in [0.1, 0.15) is 9.84 Å². The van der Waals surface area contributed by atoms with Gasteiger partial charge in [-0.25, -0.2) is 8.42 Å². The Morgan fingerprint density at radius 2 is 1.84 bits per heavy atom. The quantitative estimate of drug-likeness (QED) is 0.383. The largest absolute Gasteiger partial charge is 0.354 e. The van der Waals surface area contributed by atoms with Gasteiger partial charge in [0.05, 0.1) is 5.75 Å². The zero-order valence-corrected chi connectivity index (χ0v) is 18.0. The van der Waals surface area contributed by atoms with Crippen LogP contribution in [0.3, 0.4) is 0 Å². The summed E-state index contributed by atoms with van der Waals surface area (Å²) in [5, 5.41) is 8.92. The fourth-order valence-electron chi connectivity index (χ4n) is 2.43. The smallest absolute Gasteiger partial charge is 0.191 e. The van der Waals surface area contributed by atoms with Crippen molar-refractivity contribution in [3.8, 4) is 0 Å². The van der Waals surface area contributed by atoms with E-state index in [0.717, 1.165) is 0 Å². The van der Waals surface area contributed by atoms with Crippen LogP contribution < -0.4 is 10.6 Å². The highest BCUT2D eigenvalue weighted by atomic mass is 127. The minimum atomic E-state index is -2.94. The van der Waals surface area contributed by atoms with Crippen LogP contribution in [0.15, 0.2) is 47.5 Å². The normalized spacial score (nSPS) is 13.2. The SMILES string of the molecule is CN=C(NCc1ccc2ccccc2c1)NC(C)CCS(C)(=O)=O.I. The van der Waals surface area contributed by atoms with Crippen LogP contribution in [0.2, 0.25) is 0 Å². The molecule has 0 saturated carbocycles. The van der Waals surface area contributed by atoms with Crippen LogP contribution in [0.5, 0.6) is 0 Å². The molecule has 2 aromatic rings. The van der Waals surface area contributed by atoms with Crippen LogP contribution in [-0.2, 0) is 16.4 Å². The number of nitrogens with one attached hydrogen (secondary N) is 2. The molecule has 7 heteroatoms. The summed E-state index contributed by atoms with van der Waals surface area (Å²) >= 11 is 0. The number of sulfone groups is 1. The molecule has 0 aliphatic carbocycles. The third kappa shape index (κ3) is 7.60. The van der Waals surface area contributed by atoms with Crippen molar-refractivity contribution in [2.75, 3.05) is 19.1 Å². The van der Waals surface area contributed by atoms with Crippen molar-refractivity contribution in [1.82, 2.24) is 10.6 Å². The Balaban J connectivity index is 0.00000312. The number of benzene rings is 2. The van der Waals surface area contributed by atoms with E-state index in [-0.39, 0.29) is 35.8 Å². The molecular formula is C18H26IN3O2S. The van der Waals surface area contributed by atoms with Crippen LogP contribution in [0, 0.1) is 0 Å². The van der Waals surface area contributed by atoms with Gasteiger partial charge in [-0.2, -0.15) is 0 Å². The fraction of sp³-hybridized carbons (Fsp3) is 0.389. The van der Waals surface area contributed by atoms with E-state index in [2.05, 4.69) is 46.0 Å². The van der Waals surface area contributed by atoms with Gasteiger partial charge in [0.2, 0.25) is 0 Å². The lowest BCUT2D eigenvalue weighted by atomic mass is 10.1. The summed E-state index contributed by atoms with van der Waals surface area (Å²) in [6.07, 6.45) is 1.81. The van der Waals surface area contributed by atoms with Gasteiger partial charge in [0.15, 0.2) is 5.96 Å². The molecule has 138 valence electrons. The van der Waals surface area contributed by atoms with E-state index < -0.39 is 9.84 Å². The number of hydrogen-bond acceptors (Lipinski definition) is 3. The zero-order valence-electron chi connectivity index (χ0n) is 14.8. The van der Waals surface area contributed by atoms with Crippen LogP contribution >= 0.6 is 24.0 Å². The minimum absolute atomic E-state index is 0. The first-order valence-corrected chi connectivity index (χ1v) is 10.1. The summed E-state index contributed by atoms with van der Waals surface area (Å²) in [5.74, 6) is 0.840. The van der Waals surface area contributed by atoms with Crippen LogP contribution in [0.25, 0.3) is 10.8 Å². The Bertz CT molecular complexity index is 822.